The molecule has 18 heavy (non-hydrogen) atoms. The molecule has 3 rings (SSSR count). The van der Waals surface area contributed by atoms with E-state index in [1.165, 1.54) is 0 Å². The molecule has 0 spiro atoms. The fourth-order valence-corrected chi connectivity index (χ4v) is 2.31. The zero-order valence-corrected chi connectivity index (χ0v) is 10.3. The van der Waals surface area contributed by atoms with Crippen molar-refractivity contribution in [2.75, 3.05) is 19.8 Å². The highest BCUT2D eigenvalue weighted by Gasteiger charge is 2.22. The van der Waals surface area contributed by atoms with Crippen molar-refractivity contribution >= 4 is 11.1 Å². The molecule has 3 N–H and O–H groups in total. The molecular weight excluding hydrogens is 230 g/mol. The Labute approximate surface area is 105 Å². The van der Waals surface area contributed by atoms with Crippen LogP contribution >= 0.6 is 0 Å². The number of morpholine rings is 1. The Morgan fingerprint density at radius 3 is 3.17 bits per heavy atom. The summed E-state index contributed by atoms with van der Waals surface area (Å²) in [4.78, 5) is 4.28. The van der Waals surface area contributed by atoms with E-state index in [-0.39, 0.29) is 12.1 Å². The number of fused-ring (bicyclic) bond motifs is 1. The van der Waals surface area contributed by atoms with E-state index in [2.05, 4.69) is 10.3 Å². The van der Waals surface area contributed by atoms with Gasteiger partial charge in [-0.1, -0.05) is 6.07 Å². The van der Waals surface area contributed by atoms with Crippen molar-refractivity contribution in [3.05, 3.63) is 29.7 Å². The third kappa shape index (κ3) is 2.12. The minimum Gasteiger partial charge on any atom is -0.441 e. The van der Waals surface area contributed by atoms with Crippen LogP contribution in [0, 0.1) is 6.92 Å². The van der Waals surface area contributed by atoms with Crippen molar-refractivity contribution in [3.63, 3.8) is 0 Å². The highest BCUT2D eigenvalue weighted by molar-refractivity contribution is 5.73. The van der Waals surface area contributed by atoms with Gasteiger partial charge in [0, 0.05) is 25.6 Å². The van der Waals surface area contributed by atoms with Crippen molar-refractivity contribution in [2.24, 2.45) is 5.73 Å². The van der Waals surface area contributed by atoms with Crippen LogP contribution < -0.4 is 11.1 Å². The van der Waals surface area contributed by atoms with Gasteiger partial charge < -0.3 is 20.2 Å². The molecule has 5 nitrogen and oxygen atoms in total. The maximum Gasteiger partial charge on any atom is 0.192 e. The van der Waals surface area contributed by atoms with E-state index in [9.17, 15) is 0 Å². The van der Waals surface area contributed by atoms with Crippen molar-refractivity contribution in [1.82, 2.24) is 10.3 Å². The lowest BCUT2D eigenvalue weighted by atomic mass is 10.00. The summed E-state index contributed by atoms with van der Waals surface area (Å²) in [7, 11) is 0. The Morgan fingerprint density at radius 2 is 2.39 bits per heavy atom. The molecule has 0 aliphatic carbocycles. The second kappa shape index (κ2) is 4.68. The Morgan fingerprint density at radius 1 is 1.50 bits per heavy atom. The zero-order valence-electron chi connectivity index (χ0n) is 10.3. The molecule has 1 saturated heterocycles. The van der Waals surface area contributed by atoms with Gasteiger partial charge in [-0.25, -0.2) is 4.98 Å². The molecule has 2 unspecified atom stereocenters. The second-order valence-corrected chi connectivity index (χ2v) is 4.62. The first-order chi connectivity index (χ1) is 8.74. The van der Waals surface area contributed by atoms with Gasteiger partial charge >= 0.3 is 0 Å². The van der Waals surface area contributed by atoms with Gasteiger partial charge in [0.2, 0.25) is 0 Å². The highest BCUT2D eigenvalue weighted by atomic mass is 16.5. The topological polar surface area (TPSA) is 73.3 Å². The Kier molecular flexibility index (Phi) is 3.03. The smallest absolute Gasteiger partial charge is 0.192 e. The summed E-state index contributed by atoms with van der Waals surface area (Å²) >= 11 is 0. The summed E-state index contributed by atoms with van der Waals surface area (Å²) in [6.07, 6.45) is 0. The van der Waals surface area contributed by atoms with Crippen LogP contribution in [0.2, 0.25) is 0 Å². The highest BCUT2D eigenvalue weighted by Crippen LogP contribution is 2.22. The molecular formula is C13H17N3O2. The van der Waals surface area contributed by atoms with Gasteiger partial charge in [0.15, 0.2) is 11.5 Å². The molecule has 1 aromatic heterocycles. The first kappa shape index (κ1) is 11.6. The fraction of sp³-hybridized carbons (Fsp3) is 0.462. The zero-order chi connectivity index (χ0) is 12.5. The van der Waals surface area contributed by atoms with Crippen molar-refractivity contribution in [2.45, 2.75) is 19.0 Å². The molecule has 0 amide bonds. The average molecular weight is 247 g/mol. The number of hydrogen-bond donors (Lipinski definition) is 2. The predicted molar refractivity (Wildman–Crippen MR) is 68.3 cm³/mol. The first-order valence-electron chi connectivity index (χ1n) is 6.18. The molecule has 1 aliphatic heterocycles. The third-order valence-corrected chi connectivity index (χ3v) is 3.29. The summed E-state index contributed by atoms with van der Waals surface area (Å²) in [6, 6.07) is 5.98. The van der Waals surface area contributed by atoms with E-state index in [4.69, 9.17) is 14.9 Å². The van der Waals surface area contributed by atoms with Gasteiger partial charge in [0.05, 0.1) is 13.2 Å². The molecule has 2 aromatic rings. The largest absolute Gasteiger partial charge is 0.441 e. The molecule has 1 fully saturated rings. The lowest BCUT2D eigenvalue weighted by Gasteiger charge is -2.29. The molecule has 5 heteroatoms. The number of nitrogens with two attached hydrogens (primary N) is 1. The summed E-state index contributed by atoms with van der Waals surface area (Å²) < 4.78 is 11.0. The summed E-state index contributed by atoms with van der Waals surface area (Å²) in [5, 5.41) is 3.37. The van der Waals surface area contributed by atoms with E-state index >= 15 is 0 Å². The Bertz CT molecular complexity index is 546. The van der Waals surface area contributed by atoms with Crippen molar-refractivity contribution in [3.8, 4) is 0 Å². The van der Waals surface area contributed by atoms with Gasteiger partial charge in [-0.05, 0) is 17.7 Å². The Balaban J connectivity index is 1.88. The van der Waals surface area contributed by atoms with Crippen LogP contribution in [0.4, 0.5) is 0 Å². The van der Waals surface area contributed by atoms with E-state index < -0.39 is 0 Å². The fourth-order valence-electron chi connectivity index (χ4n) is 2.31. The number of ether oxygens (including phenoxy) is 1. The SMILES string of the molecule is Cc1nc2ccc(C(N)C3COCCN3)cc2o1. The van der Waals surface area contributed by atoms with Crippen LogP contribution in [0.15, 0.2) is 22.6 Å². The molecule has 0 saturated carbocycles. The van der Waals surface area contributed by atoms with Crippen LogP contribution in [0.3, 0.4) is 0 Å². The lowest BCUT2D eigenvalue weighted by Crippen LogP contribution is -2.47. The molecule has 0 radical (unpaired) electrons. The van der Waals surface area contributed by atoms with Gasteiger partial charge in [-0.3, -0.25) is 0 Å². The maximum absolute atomic E-state index is 6.26. The van der Waals surface area contributed by atoms with Crippen LogP contribution in [-0.4, -0.2) is 30.8 Å². The molecule has 2 atom stereocenters. The molecule has 1 aromatic carbocycles. The number of nitrogens with one attached hydrogen (secondary N) is 1. The number of rotatable bonds is 2. The van der Waals surface area contributed by atoms with E-state index in [1.807, 2.05) is 25.1 Å². The summed E-state index contributed by atoms with van der Waals surface area (Å²) in [5.74, 6) is 0.676. The van der Waals surface area contributed by atoms with Crippen LogP contribution in [-0.2, 0) is 4.74 Å². The first-order valence-corrected chi connectivity index (χ1v) is 6.18. The normalized spacial score (nSPS) is 22.2. The Hall–Kier alpha value is -1.43. The minimum atomic E-state index is -0.0971. The van der Waals surface area contributed by atoms with E-state index in [0.29, 0.717) is 12.5 Å². The quantitative estimate of drug-likeness (QED) is 0.832. The van der Waals surface area contributed by atoms with Crippen molar-refractivity contribution < 1.29 is 9.15 Å². The molecule has 0 bridgehead atoms. The van der Waals surface area contributed by atoms with Crippen LogP contribution in [0.1, 0.15) is 17.5 Å². The molecule has 96 valence electrons. The van der Waals surface area contributed by atoms with Crippen LogP contribution in [0.25, 0.3) is 11.1 Å². The van der Waals surface area contributed by atoms with Crippen LogP contribution in [0.5, 0.6) is 0 Å². The summed E-state index contributed by atoms with van der Waals surface area (Å²) in [5.41, 5.74) is 8.97. The number of hydrogen-bond acceptors (Lipinski definition) is 5. The van der Waals surface area contributed by atoms with Gasteiger partial charge in [-0.2, -0.15) is 0 Å². The predicted octanol–water partition coefficient (Wildman–Crippen LogP) is 1.12. The average Bonchev–Trinajstić information content (AvgIpc) is 2.78. The van der Waals surface area contributed by atoms with Gasteiger partial charge in [0.1, 0.15) is 5.52 Å². The third-order valence-electron chi connectivity index (χ3n) is 3.29. The second-order valence-electron chi connectivity index (χ2n) is 4.62. The van der Waals surface area contributed by atoms with Crippen molar-refractivity contribution in [1.29, 1.82) is 0 Å². The maximum atomic E-state index is 6.26. The number of oxazole rings is 1. The monoisotopic (exact) mass is 247 g/mol. The number of benzene rings is 1. The van der Waals surface area contributed by atoms with Gasteiger partial charge in [0.25, 0.3) is 0 Å². The number of nitrogens with zero attached hydrogens (tertiary/aromatic N) is 1. The van der Waals surface area contributed by atoms with Gasteiger partial charge in [-0.15, -0.1) is 0 Å². The molecule has 2 heterocycles. The van der Waals surface area contributed by atoms with E-state index in [0.717, 1.165) is 29.8 Å². The number of aromatic nitrogens is 1. The van der Waals surface area contributed by atoms with E-state index in [1.54, 1.807) is 0 Å². The lowest BCUT2D eigenvalue weighted by molar-refractivity contribution is 0.0685. The minimum absolute atomic E-state index is 0.0971. The summed E-state index contributed by atoms with van der Waals surface area (Å²) in [6.45, 7) is 4.09. The standard InChI is InChI=1S/C13H17N3O2/c1-8-16-10-3-2-9(6-12(10)18-8)13(14)11-7-17-5-4-15-11/h2-3,6,11,13,15H,4-5,7,14H2,1H3. The molecule has 1 aliphatic rings. The number of aryl methyl sites for hydroxylation is 1.